The summed E-state index contributed by atoms with van der Waals surface area (Å²) < 4.78 is 81.7. The highest BCUT2D eigenvalue weighted by atomic mass is 35.5. The summed E-state index contributed by atoms with van der Waals surface area (Å²) in [5.41, 5.74) is 0.700. The van der Waals surface area contributed by atoms with Crippen LogP contribution in [0.2, 0.25) is 10.0 Å². The number of morpholine rings is 1. The Labute approximate surface area is 310 Å². The van der Waals surface area contributed by atoms with E-state index in [4.69, 9.17) is 42.1 Å². The topological polar surface area (TPSA) is 151 Å². The third-order valence-electron chi connectivity index (χ3n) is 8.36. The molecule has 1 N–H and O–H groups in total. The second-order valence-corrected chi connectivity index (χ2v) is 15.0. The summed E-state index contributed by atoms with van der Waals surface area (Å²) in [5, 5.41) is 21.4. The molecule has 13 nitrogen and oxygen atoms in total. The van der Waals surface area contributed by atoms with E-state index in [1.807, 2.05) is 0 Å². The lowest BCUT2D eigenvalue weighted by atomic mass is 10.0. The monoisotopic (exact) mass is 789 g/mol. The first-order valence-corrected chi connectivity index (χ1v) is 19.1. The van der Waals surface area contributed by atoms with E-state index in [1.54, 1.807) is 0 Å². The molecule has 3 aromatic rings. The van der Waals surface area contributed by atoms with Crippen molar-refractivity contribution in [3.63, 3.8) is 0 Å². The molecule has 0 radical (unpaired) electrons. The molecule has 1 saturated heterocycles. The summed E-state index contributed by atoms with van der Waals surface area (Å²) in [4.78, 5) is 15.9. The maximum absolute atomic E-state index is 13.8. The van der Waals surface area contributed by atoms with E-state index in [0.717, 1.165) is 31.5 Å². The normalized spacial score (nSPS) is 15.7. The van der Waals surface area contributed by atoms with Crippen molar-refractivity contribution in [2.24, 2.45) is 5.92 Å². The Hall–Kier alpha value is -3.67. The molecule has 2 aliphatic rings. The van der Waals surface area contributed by atoms with Gasteiger partial charge in [0.1, 0.15) is 28.5 Å². The molecule has 1 aromatic heterocycles. The Morgan fingerprint density at radius 3 is 2.42 bits per heavy atom. The van der Waals surface area contributed by atoms with E-state index in [9.17, 15) is 32.3 Å². The van der Waals surface area contributed by atoms with Gasteiger partial charge in [-0.25, -0.2) is 13.2 Å². The molecule has 2 aromatic carbocycles. The number of pyridine rings is 1. The maximum atomic E-state index is 13.8. The van der Waals surface area contributed by atoms with Gasteiger partial charge in [-0.2, -0.15) is 13.5 Å². The number of anilines is 1. The zero-order valence-electron chi connectivity index (χ0n) is 28.2. The van der Waals surface area contributed by atoms with Gasteiger partial charge in [0.15, 0.2) is 23.9 Å². The number of aliphatic hydroxyl groups excluding tert-OH is 1. The summed E-state index contributed by atoms with van der Waals surface area (Å²) >= 11 is 12.8. The first kappa shape index (κ1) is 39.5. The molecule has 1 aliphatic heterocycles. The third-order valence-corrected chi connectivity index (χ3v) is 10.2. The lowest BCUT2D eigenvalue weighted by Gasteiger charge is -2.30. The number of ether oxygens (including phenoxy) is 5. The number of carbonyl (C=O) groups excluding carboxylic acids is 1. The van der Waals surface area contributed by atoms with Crippen molar-refractivity contribution in [3.05, 3.63) is 80.7 Å². The van der Waals surface area contributed by atoms with Gasteiger partial charge in [-0.1, -0.05) is 29.3 Å². The largest absolute Gasteiger partial charge is 0.619 e. The number of rotatable bonds is 18. The fourth-order valence-corrected chi connectivity index (χ4v) is 7.02. The molecule has 1 atom stereocenters. The molecule has 2 fully saturated rings. The summed E-state index contributed by atoms with van der Waals surface area (Å²) in [6.07, 6.45) is 3.81. The number of hydrogen-bond donors (Lipinski definition) is 1. The van der Waals surface area contributed by atoms with Crippen LogP contribution >= 0.6 is 23.2 Å². The minimum atomic E-state index is -3.82. The highest BCUT2D eigenvalue weighted by molar-refractivity contribution is 7.92. The second-order valence-electron chi connectivity index (χ2n) is 12.3. The van der Waals surface area contributed by atoms with Gasteiger partial charge in [0, 0.05) is 38.2 Å². The predicted molar refractivity (Wildman–Crippen MR) is 187 cm³/mol. The quantitative estimate of drug-likeness (QED) is 0.109. The van der Waals surface area contributed by atoms with E-state index in [2.05, 4.69) is 9.64 Å². The van der Waals surface area contributed by atoms with E-state index in [-0.39, 0.29) is 82.8 Å². The Kier molecular flexibility index (Phi) is 13.6. The van der Waals surface area contributed by atoms with Crippen LogP contribution in [0, 0.1) is 11.1 Å². The van der Waals surface area contributed by atoms with Crippen molar-refractivity contribution in [2.75, 3.05) is 69.8 Å². The molecule has 18 heteroatoms. The summed E-state index contributed by atoms with van der Waals surface area (Å²) in [6.45, 7) is -0.591. The van der Waals surface area contributed by atoms with Crippen LogP contribution in [0.1, 0.15) is 40.4 Å². The zero-order chi connectivity index (χ0) is 37.4. The van der Waals surface area contributed by atoms with Crippen molar-refractivity contribution in [1.82, 2.24) is 4.90 Å². The second kappa shape index (κ2) is 17.9. The SMILES string of the molecule is CS(=O)(=O)N(CCN1CCOCC1)c1ccc(C(=O)OC(Cc2c(Cl)c[n+]([O-])cc2Cl)c2ccc(OC(F)F)c(OCC3CC3)c2)cc1OCCO. The molecule has 284 valence electrons. The van der Waals surface area contributed by atoms with Gasteiger partial charge in [0.25, 0.3) is 0 Å². The molecule has 0 amide bonds. The molecular formula is C34H39Cl2F2N3O10S. The number of nitrogens with zero attached hydrogens (tertiary/aromatic N) is 3. The highest BCUT2D eigenvalue weighted by Gasteiger charge is 2.29. The number of carbonyl (C=O) groups is 1. The minimum Gasteiger partial charge on any atom is -0.619 e. The van der Waals surface area contributed by atoms with Crippen LogP contribution in [0.4, 0.5) is 14.5 Å². The summed E-state index contributed by atoms with van der Waals surface area (Å²) in [7, 11) is -3.82. The summed E-state index contributed by atoms with van der Waals surface area (Å²) in [6, 6.07) is 8.22. The average Bonchev–Trinajstić information content (AvgIpc) is 3.92. The van der Waals surface area contributed by atoms with Gasteiger partial charge in [-0.05, 0) is 54.7 Å². The smallest absolute Gasteiger partial charge is 0.387 e. The lowest BCUT2D eigenvalue weighted by Crippen LogP contribution is -2.43. The van der Waals surface area contributed by atoms with Gasteiger partial charge in [0.05, 0.1) is 43.9 Å². The van der Waals surface area contributed by atoms with Crippen molar-refractivity contribution < 1.29 is 55.5 Å². The van der Waals surface area contributed by atoms with Crippen LogP contribution < -0.4 is 23.2 Å². The molecule has 1 unspecified atom stereocenters. The molecular weight excluding hydrogens is 751 g/mol. The van der Waals surface area contributed by atoms with Gasteiger partial charge < -0.3 is 34.0 Å². The van der Waals surface area contributed by atoms with Crippen LogP contribution in [0.15, 0.2) is 48.8 Å². The molecule has 0 spiro atoms. The highest BCUT2D eigenvalue weighted by Crippen LogP contribution is 2.39. The maximum Gasteiger partial charge on any atom is 0.387 e. The average molecular weight is 791 g/mol. The number of benzene rings is 2. The van der Waals surface area contributed by atoms with Crippen molar-refractivity contribution in [2.45, 2.75) is 32.0 Å². The van der Waals surface area contributed by atoms with Crippen LogP contribution in [0.5, 0.6) is 17.2 Å². The zero-order valence-corrected chi connectivity index (χ0v) is 30.5. The number of sulfonamides is 1. The van der Waals surface area contributed by atoms with Gasteiger partial charge in [-0.15, -0.1) is 0 Å². The molecule has 0 bridgehead atoms. The molecule has 52 heavy (non-hydrogen) atoms. The molecule has 2 heterocycles. The standard InChI is InChI=1S/C34H39Cl2F2N3O10S/c1-52(45,46)41(9-8-39-10-13-47-14-11-39)28-6-4-24(17-31(28)48-15-12-42)33(43)50-30(18-25-26(35)19-40(44)20-27(25)36)23-5-7-29(51-34(37)38)32(16-23)49-21-22-2-3-22/h4-7,16-17,19-20,22,30,34,42H,2-3,8-15,18,21H2,1H3. The van der Waals surface area contributed by atoms with Crippen LogP contribution in [-0.2, 0) is 25.9 Å². The lowest BCUT2D eigenvalue weighted by molar-refractivity contribution is -0.605. The number of hydrogen-bond acceptors (Lipinski definition) is 11. The van der Waals surface area contributed by atoms with Crippen molar-refractivity contribution >= 4 is 44.9 Å². The molecule has 1 aliphatic carbocycles. The fourth-order valence-electron chi connectivity index (χ4n) is 5.50. The third kappa shape index (κ3) is 10.9. The number of aromatic nitrogens is 1. The Bertz CT molecular complexity index is 1790. The van der Waals surface area contributed by atoms with E-state index >= 15 is 0 Å². The van der Waals surface area contributed by atoms with Crippen LogP contribution in [0.25, 0.3) is 0 Å². The number of alkyl halides is 2. The van der Waals surface area contributed by atoms with Gasteiger partial charge >= 0.3 is 12.6 Å². The van der Waals surface area contributed by atoms with E-state index in [0.29, 0.717) is 43.1 Å². The number of halogens is 4. The Balaban J connectivity index is 1.48. The summed E-state index contributed by atoms with van der Waals surface area (Å²) in [5.74, 6) is -0.792. The fraction of sp³-hybridized carbons (Fsp3) is 0.471. The number of aliphatic hydroxyl groups is 1. The van der Waals surface area contributed by atoms with Crippen LogP contribution in [-0.4, -0.2) is 96.5 Å². The van der Waals surface area contributed by atoms with E-state index < -0.39 is 28.7 Å². The number of esters is 1. The minimum absolute atomic E-state index is 0.00543. The Morgan fingerprint density at radius 1 is 1.08 bits per heavy atom. The van der Waals surface area contributed by atoms with Crippen molar-refractivity contribution in [3.8, 4) is 17.2 Å². The van der Waals surface area contributed by atoms with Gasteiger partial charge in [0.2, 0.25) is 10.0 Å². The van der Waals surface area contributed by atoms with Crippen molar-refractivity contribution in [1.29, 1.82) is 0 Å². The van der Waals surface area contributed by atoms with E-state index in [1.165, 1.54) is 40.7 Å². The first-order valence-electron chi connectivity index (χ1n) is 16.5. The predicted octanol–water partition coefficient (Wildman–Crippen LogP) is 4.63. The Morgan fingerprint density at radius 2 is 1.79 bits per heavy atom. The van der Waals surface area contributed by atoms with Crippen LogP contribution in [0.3, 0.4) is 0 Å². The molecule has 1 saturated carbocycles. The first-order chi connectivity index (χ1) is 24.8. The molecule has 5 rings (SSSR count). The van der Waals surface area contributed by atoms with Gasteiger partial charge in [-0.3, -0.25) is 9.21 Å².